The number of carboxylic acids is 2. The van der Waals surface area contributed by atoms with Crippen LogP contribution in [-0.4, -0.2) is 148 Å². The second kappa shape index (κ2) is 30.3. The van der Waals surface area contributed by atoms with Crippen LogP contribution in [0.1, 0.15) is 112 Å². The summed E-state index contributed by atoms with van der Waals surface area (Å²) >= 11 is 0. The smallest absolute Gasteiger partial charge is 0.326 e. The maximum Gasteiger partial charge on any atom is 0.326 e. The third-order valence-corrected chi connectivity index (χ3v) is 11.9. The van der Waals surface area contributed by atoms with E-state index in [1.165, 1.54) is 11.8 Å². The maximum absolute atomic E-state index is 14.3. The molecule has 1 fully saturated rings. The number of amides is 9. The van der Waals surface area contributed by atoms with E-state index in [0.717, 1.165) is 0 Å². The fourth-order valence-electron chi connectivity index (χ4n) is 7.90. The lowest BCUT2D eigenvalue weighted by Crippen LogP contribution is -2.61. The number of unbranched alkanes of at least 4 members (excludes halogenated alkanes) is 1. The summed E-state index contributed by atoms with van der Waals surface area (Å²) in [5.74, 6) is -10.8. The molecule has 1 saturated heterocycles. The van der Waals surface area contributed by atoms with E-state index in [-0.39, 0.29) is 38.1 Å². The molecule has 0 saturated carbocycles. The number of likely N-dealkylation sites (tertiary alicyclic amines) is 1. The van der Waals surface area contributed by atoms with Crippen molar-refractivity contribution in [2.75, 3.05) is 13.1 Å². The number of nitrogens with one attached hydrogen (secondary N) is 7. The molecule has 0 aromatic heterocycles. The van der Waals surface area contributed by atoms with Gasteiger partial charge in [-0.25, -0.2) is 4.79 Å². The van der Waals surface area contributed by atoms with Gasteiger partial charge in [0.25, 0.3) is 0 Å². The summed E-state index contributed by atoms with van der Waals surface area (Å²) in [6.07, 6.45) is 0.380. The third-order valence-electron chi connectivity index (χ3n) is 11.9. The molecule has 1 aromatic carbocycles. The SMILES string of the molecule is CC(C)C[C@H](NC(=O)[C@@H](N)CC(N)=O)C(=O)N[C@@H](CCCCN)C(=O)N1CCC[C@H]1C(=O)N[C@H](C(=O)N[C@H](C(=O)N[C@@H](C)C(=O)N[C@@H](CCC(=O)O)C(=O)N[C@@H](Cc1ccccc1)C(=O)O)C(C)C)C(C)C. The van der Waals surface area contributed by atoms with E-state index in [1.807, 2.05) is 13.8 Å². The number of hydrogen-bond donors (Lipinski definition) is 12. The zero-order valence-electron chi connectivity index (χ0n) is 42.4. The number of primary amides is 1. The van der Waals surface area contributed by atoms with Crippen molar-refractivity contribution in [2.45, 2.75) is 167 Å². The van der Waals surface area contributed by atoms with E-state index in [4.69, 9.17) is 17.2 Å². The lowest BCUT2D eigenvalue weighted by atomic mass is 9.99. The number of carbonyl (C=O) groups excluding carboxylic acids is 9. The van der Waals surface area contributed by atoms with Crippen LogP contribution in [0.5, 0.6) is 0 Å². The highest BCUT2D eigenvalue weighted by molar-refractivity contribution is 5.98. The van der Waals surface area contributed by atoms with Gasteiger partial charge in [0.2, 0.25) is 53.2 Å². The van der Waals surface area contributed by atoms with Crippen LogP contribution in [-0.2, 0) is 59.2 Å². The van der Waals surface area contributed by atoms with Crippen LogP contribution in [0.3, 0.4) is 0 Å². The Morgan fingerprint density at radius 2 is 1.21 bits per heavy atom. The Morgan fingerprint density at radius 3 is 1.76 bits per heavy atom. The highest BCUT2D eigenvalue weighted by Gasteiger charge is 2.41. The first-order chi connectivity index (χ1) is 33.8. The summed E-state index contributed by atoms with van der Waals surface area (Å²) in [4.78, 5) is 145. The second-order valence-electron chi connectivity index (χ2n) is 19.3. The van der Waals surface area contributed by atoms with E-state index in [0.29, 0.717) is 31.4 Å². The van der Waals surface area contributed by atoms with Crippen LogP contribution in [0, 0.1) is 17.8 Å². The number of rotatable bonds is 31. The highest BCUT2D eigenvalue weighted by Crippen LogP contribution is 2.21. The average Bonchev–Trinajstić information content (AvgIpc) is 3.80. The summed E-state index contributed by atoms with van der Waals surface area (Å²) in [7, 11) is 0. The van der Waals surface area contributed by atoms with Crippen LogP contribution < -0.4 is 54.4 Å². The van der Waals surface area contributed by atoms with Crippen molar-refractivity contribution in [3.8, 4) is 0 Å². The monoisotopic (exact) mass is 1020 g/mol. The van der Waals surface area contributed by atoms with Gasteiger partial charge in [0.15, 0.2) is 0 Å². The second-order valence-corrected chi connectivity index (χ2v) is 19.3. The lowest BCUT2D eigenvalue weighted by molar-refractivity contribution is -0.143. The maximum atomic E-state index is 14.3. The molecule has 0 bridgehead atoms. The molecule has 0 unspecified atom stereocenters. The first-order valence-corrected chi connectivity index (χ1v) is 24.4. The van der Waals surface area contributed by atoms with Crippen molar-refractivity contribution in [3.05, 3.63) is 35.9 Å². The minimum absolute atomic E-state index is 0.0935. The van der Waals surface area contributed by atoms with Gasteiger partial charge >= 0.3 is 11.9 Å². The zero-order chi connectivity index (χ0) is 54.4. The van der Waals surface area contributed by atoms with Gasteiger partial charge in [0, 0.05) is 19.4 Å². The van der Waals surface area contributed by atoms with E-state index >= 15 is 0 Å². The van der Waals surface area contributed by atoms with Crippen molar-refractivity contribution in [1.29, 1.82) is 0 Å². The number of hydrogen-bond acceptors (Lipinski definition) is 13. The van der Waals surface area contributed by atoms with Gasteiger partial charge in [-0.2, -0.15) is 0 Å². The summed E-state index contributed by atoms with van der Waals surface area (Å²) in [5.41, 5.74) is 17.3. The molecule has 0 radical (unpaired) electrons. The predicted molar refractivity (Wildman–Crippen MR) is 262 cm³/mol. The standard InChI is InChI=1S/C48H77N11O13/c1-25(2)22-33(55-41(64)30(50)24-36(51)60)43(66)54-32(16-11-12-20-49)47(70)59-21-13-17-35(59)44(67)57-39(27(5)6)46(69)58-38(26(3)4)45(68)52-28(7)40(63)53-31(18-19-37(61)62)42(65)56-34(48(71)72)23-29-14-9-8-10-15-29/h8-10,14-15,25-28,30-35,38-39H,11-13,16-24,49-50H2,1-7H3,(H2,51,60)(H,52,68)(H,53,63)(H,54,66)(H,55,64)(H,56,65)(H,57,67)(H,58,69)(H,61,62)(H,71,72)/t28-,30-,31-,32-,33-,34-,35-,38-,39-/m0/s1. The van der Waals surface area contributed by atoms with Crippen molar-refractivity contribution in [2.24, 2.45) is 35.0 Å². The minimum Gasteiger partial charge on any atom is -0.481 e. The van der Waals surface area contributed by atoms with Crippen LogP contribution in [0.15, 0.2) is 30.3 Å². The van der Waals surface area contributed by atoms with Crippen LogP contribution >= 0.6 is 0 Å². The third kappa shape index (κ3) is 20.6. The minimum atomic E-state index is -1.50. The van der Waals surface area contributed by atoms with Gasteiger partial charge in [-0.1, -0.05) is 71.9 Å². The molecular weight excluding hydrogens is 939 g/mol. The van der Waals surface area contributed by atoms with Crippen molar-refractivity contribution >= 4 is 65.1 Å². The van der Waals surface area contributed by atoms with Gasteiger partial charge < -0.3 is 69.5 Å². The lowest BCUT2D eigenvalue weighted by Gasteiger charge is -2.32. The molecule has 1 aliphatic heterocycles. The Labute approximate surface area is 420 Å². The first-order valence-electron chi connectivity index (χ1n) is 24.4. The Morgan fingerprint density at radius 1 is 0.653 bits per heavy atom. The Bertz CT molecular complexity index is 2050. The number of benzene rings is 1. The van der Waals surface area contributed by atoms with Crippen molar-refractivity contribution in [1.82, 2.24) is 42.1 Å². The summed E-state index contributed by atoms with van der Waals surface area (Å²) in [6, 6.07) is -2.95. The van der Waals surface area contributed by atoms with Crippen LogP contribution in [0.4, 0.5) is 0 Å². The molecular formula is C48H77N11O13. The quantitative estimate of drug-likeness (QED) is 0.0368. The molecule has 9 atom stereocenters. The normalized spacial score (nSPS) is 16.7. The Hall–Kier alpha value is -6.69. The average molecular weight is 1020 g/mol. The van der Waals surface area contributed by atoms with Gasteiger partial charge in [0.1, 0.15) is 48.3 Å². The molecule has 24 nitrogen and oxygen atoms in total. The van der Waals surface area contributed by atoms with E-state index in [2.05, 4.69) is 37.2 Å². The topological polar surface area (TPSA) is 394 Å². The fraction of sp³-hybridized carbons (Fsp3) is 0.646. The molecule has 402 valence electrons. The van der Waals surface area contributed by atoms with Crippen LogP contribution in [0.25, 0.3) is 0 Å². The summed E-state index contributed by atoms with van der Waals surface area (Å²) in [5, 5.41) is 37.1. The van der Waals surface area contributed by atoms with Gasteiger partial charge in [-0.3, -0.25) is 47.9 Å². The molecule has 24 heteroatoms. The molecule has 1 aliphatic rings. The Kier molecular flexibility index (Phi) is 25.8. The molecule has 9 amide bonds. The number of carboxylic acid groups (broad SMARTS) is 2. The van der Waals surface area contributed by atoms with Gasteiger partial charge in [-0.15, -0.1) is 0 Å². The van der Waals surface area contributed by atoms with Gasteiger partial charge in [-0.05, 0) is 81.7 Å². The number of aliphatic carboxylic acids is 2. The molecule has 1 aromatic rings. The highest BCUT2D eigenvalue weighted by atomic mass is 16.4. The molecule has 0 spiro atoms. The molecule has 1 heterocycles. The zero-order valence-corrected chi connectivity index (χ0v) is 42.4. The Balaban J connectivity index is 2.22. The molecule has 72 heavy (non-hydrogen) atoms. The summed E-state index contributed by atoms with van der Waals surface area (Å²) in [6.45, 7) is 12.0. The predicted octanol–water partition coefficient (Wildman–Crippen LogP) is -1.73. The van der Waals surface area contributed by atoms with Crippen LogP contribution in [0.2, 0.25) is 0 Å². The fourth-order valence-corrected chi connectivity index (χ4v) is 7.90. The number of nitrogens with two attached hydrogens (primary N) is 3. The van der Waals surface area contributed by atoms with E-state index in [1.54, 1.807) is 58.0 Å². The first kappa shape index (κ1) is 61.4. The van der Waals surface area contributed by atoms with Gasteiger partial charge in [0.05, 0.1) is 12.5 Å². The summed E-state index contributed by atoms with van der Waals surface area (Å²) < 4.78 is 0. The largest absolute Gasteiger partial charge is 0.481 e. The van der Waals surface area contributed by atoms with Crippen molar-refractivity contribution in [3.63, 3.8) is 0 Å². The van der Waals surface area contributed by atoms with Crippen molar-refractivity contribution < 1.29 is 63.0 Å². The number of nitrogens with zero attached hydrogens (tertiary/aromatic N) is 1. The van der Waals surface area contributed by atoms with E-state index < -0.39 is 151 Å². The number of carbonyl (C=O) groups is 11. The molecule has 2 rings (SSSR count). The molecule has 15 N–H and O–H groups in total. The van der Waals surface area contributed by atoms with E-state index in [9.17, 15) is 63.0 Å². The molecule has 0 aliphatic carbocycles.